The first-order chi connectivity index (χ1) is 9.05. The van der Waals surface area contributed by atoms with Crippen molar-refractivity contribution < 1.29 is 24.2 Å². The molecule has 0 heterocycles. The molecule has 4 rings (SSSR count). The van der Waals surface area contributed by atoms with Crippen molar-refractivity contribution in [2.24, 2.45) is 17.8 Å². The van der Waals surface area contributed by atoms with E-state index in [4.69, 9.17) is 14.6 Å². The van der Waals surface area contributed by atoms with Crippen LogP contribution in [0.1, 0.15) is 38.5 Å². The smallest absolute Gasteiger partial charge is 0.332 e. The van der Waals surface area contributed by atoms with E-state index < -0.39 is 18.5 Å². The van der Waals surface area contributed by atoms with E-state index in [9.17, 15) is 9.59 Å². The van der Waals surface area contributed by atoms with Crippen molar-refractivity contribution in [1.82, 2.24) is 0 Å². The molecule has 0 radical (unpaired) electrons. The Morgan fingerprint density at radius 2 is 1.53 bits per heavy atom. The average Bonchev–Trinajstić information content (AvgIpc) is 2.25. The number of aliphatic carboxylic acids is 1. The van der Waals surface area contributed by atoms with Crippen molar-refractivity contribution in [1.29, 1.82) is 0 Å². The van der Waals surface area contributed by atoms with E-state index in [2.05, 4.69) is 0 Å². The number of esters is 1. The van der Waals surface area contributed by atoms with Gasteiger partial charge in [-0.2, -0.15) is 0 Å². The Bertz CT molecular complexity index is 354. The fourth-order valence-electron chi connectivity index (χ4n) is 4.65. The van der Waals surface area contributed by atoms with E-state index >= 15 is 0 Å². The van der Waals surface area contributed by atoms with Gasteiger partial charge in [-0.05, 0) is 56.3 Å². The van der Waals surface area contributed by atoms with E-state index in [1.807, 2.05) is 0 Å². The molecule has 4 aliphatic rings. The molecule has 4 aliphatic carbocycles. The van der Waals surface area contributed by atoms with Gasteiger partial charge >= 0.3 is 11.9 Å². The summed E-state index contributed by atoms with van der Waals surface area (Å²) in [6.07, 6.45) is 6.86. The Balaban J connectivity index is 1.54. The van der Waals surface area contributed by atoms with Gasteiger partial charge in [0.15, 0.2) is 0 Å². The second-order valence-corrected chi connectivity index (χ2v) is 6.46. The normalized spacial score (nSPS) is 39.3. The fourth-order valence-corrected chi connectivity index (χ4v) is 4.65. The first kappa shape index (κ1) is 12.9. The lowest BCUT2D eigenvalue weighted by molar-refractivity contribution is -0.191. The van der Waals surface area contributed by atoms with Crippen molar-refractivity contribution >= 4 is 11.9 Å². The Labute approximate surface area is 112 Å². The molecule has 0 spiro atoms. The minimum atomic E-state index is -1.07. The summed E-state index contributed by atoms with van der Waals surface area (Å²) in [4.78, 5) is 22.1. The van der Waals surface area contributed by atoms with Gasteiger partial charge in [0.1, 0.15) is 18.8 Å². The molecule has 4 bridgehead atoms. The summed E-state index contributed by atoms with van der Waals surface area (Å²) >= 11 is 0. The van der Waals surface area contributed by atoms with Crippen LogP contribution in [0.15, 0.2) is 0 Å². The van der Waals surface area contributed by atoms with Gasteiger partial charge in [0.25, 0.3) is 0 Å². The molecule has 4 saturated carbocycles. The minimum absolute atomic E-state index is 0.256. The zero-order valence-electron chi connectivity index (χ0n) is 11.0. The zero-order valence-corrected chi connectivity index (χ0v) is 11.0. The maximum Gasteiger partial charge on any atom is 0.332 e. The molecule has 0 aromatic heterocycles. The molecular weight excluding hydrogens is 248 g/mol. The number of carboxylic acids is 1. The molecule has 19 heavy (non-hydrogen) atoms. The third-order valence-corrected chi connectivity index (χ3v) is 4.76. The Kier molecular flexibility index (Phi) is 3.25. The van der Waals surface area contributed by atoms with Crippen LogP contribution in [0.3, 0.4) is 0 Å². The quantitative estimate of drug-likeness (QED) is 0.767. The number of rotatable bonds is 5. The first-order valence-electron chi connectivity index (χ1n) is 7.06. The molecule has 0 aromatic rings. The van der Waals surface area contributed by atoms with Gasteiger partial charge in [0, 0.05) is 0 Å². The highest BCUT2D eigenvalue weighted by Gasteiger charge is 2.53. The van der Waals surface area contributed by atoms with Gasteiger partial charge in [0.2, 0.25) is 0 Å². The molecular formula is C14H20O5. The Morgan fingerprint density at radius 1 is 1.00 bits per heavy atom. The molecule has 0 unspecified atom stereocenters. The van der Waals surface area contributed by atoms with Crippen molar-refractivity contribution in [2.75, 3.05) is 13.2 Å². The van der Waals surface area contributed by atoms with E-state index in [0.29, 0.717) is 0 Å². The topological polar surface area (TPSA) is 72.8 Å². The van der Waals surface area contributed by atoms with Crippen LogP contribution in [0, 0.1) is 17.8 Å². The monoisotopic (exact) mass is 268 g/mol. The van der Waals surface area contributed by atoms with Gasteiger partial charge in [-0.15, -0.1) is 0 Å². The van der Waals surface area contributed by atoms with Gasteiger partial charge in [-0.3, -0.25) is 0 Å². The van der Waals surface area contributed by atoms with Gasteiger partial charge in [-0.1, -0.05) is 0 Å². The number of carbonyl (C=O) groups excluding carboxylic acids is 1. The Hall–Kier alpha value is -1.10. The van der Waals surface area contributed by atoms with E-state index in [0.717, 1.165) is 37.0 Å². The van der Waals surface area contributed by atoms with Crippen molar-refractivity contribution in [3.05, 3.63) is 0 Å². The lowest BCUT2D eigenvalue weighted by atomic mass is 9.54. The van der Waals surface area contributed by atoms with Gasteiger partial charge < -0.3 is 14.6 Å². The Morgan fingerprint density at radius 3 is 2.00 bits per heavy atom. The molecule has 1 N–H and O–H groups in total. The van der Waals surface area contributed by atoms with Crippen LogP contribution >= 0.6 is 0 Å². The predicted octanol–water partition coefficient (Wildman–Crippen LogP) is 1.60. The summed E-state index contributed by atoms with van der Waals surface area (Å²) < 4.78 is 10.5. The highest BCUT2D eigenvalue weighted by atomic mass is 16.6. The maximum absolute atomic E-state index is 11.8. The number of hydrogen-bond acceptors (Lipinski definition) is 4. The third-order valence-electron chi connectivity index (χ3n) is 4.76. The summed E-state index contributed by atoms with van der Waals surface area (Å²) in [5, 5.41) is 8.45. The minimum Gasteiger partial charge on any atom is -0.480 e. The zero-order chi connectivity index (χ0) is 13.5. The molecule has 106 valence electrons. The second-order valence-electron chi connectivity index (χ2n) is 6.46. The second kappa shape index (κ2) is 4.78. The largest absolute Gasteiger partial charge is 0.480 e. The van der Waals surface area contributed by atoms with E-state index in [1.54, 1.807) is 0 Å². The van der Waals surface area contributed by atoms with Crippen LogP contribution in [0.25, 0.3) is 0 Å². The molecule has 0 atom stereocenters. The number of carbonyl (C=O) groups is 2. The molecule has 5 nitrogen and oxygen atoms in total. The summed E-state index contributed by atoms with van der Waals surface area (Å²) in [5.74, 6) is 0.683. The molecule has 0 aromatic carbocycles. The van der Waals surface area contributed by atoms with E-state index in [1.165, 1.54) is 19.3 Å². The lowest BCUT2D eigenvalue weighted by Gasteiger charge is -2.55. The lowest BCUT2D eigenvalue weighted by Crippen LogP contribution is -2.53. The number of ether oxygens (including phenoxy) is 2. The molecule has 5 heteroatoms. The molecule has 0 saturated heterocycles. The van der Waals surface area contributed by atoms with Crippen LogP contribution in [0.4, 0.5) is 0 Å². The average molecular weight is 268 g/mol. The first-order valence-corrected chi connectivity index (χ1v) is 7.06. The van der Waals surface area contributed by atoms with Crippen molar-refractivity contribution in [3.8, 4) is 0 Å². The third kappa shape index (κ3) is 2.76. The number of hydrogen-bond donors (Lipinski definition) is 1. The molecule has 4 fully saturated rings. The van der Waals surface area contributed by atoms with Crippen LogP contribution in [0.2, 0.25) is 0 Å². The summed E-state index contributed by atoms with van der Waals surface area (Å²) in [6, 6.07) is 0. The standard InChI is InChI=1S/C14H20O5/c15-12(16)7-18-8-13(17)19-14-4-9-1-10(5-14)3-11(2-9)6-14/h9-11H,1-8H2,(H,15,16). The SMILES string of the molecule is O=C(O)COCC(=O)OC12CC3CC(CC(C3)C1)C2. The maximum atomic E-state index is 11.8. The van der Waals surface area contributed by atoms with Gasteiger partial charge in [0.05, 0.1) is 0 Å². The van der Waals surface area contributed by atoms with Crippen LogP contribution < -0.4 is 0 Å². The van der Waals surface area contributed by atoms with Crippen LogP contribution in [0.5, 0.6) is 0 Å². The highest BCUT2D eigenvalue weighted by molar-refractivity contribution is 5.72. The molecule has 0 aliphatic heterocycles. The van der Waals surface area contributed by atoms with Gasteiger partial charge in [-0.25, -0.2) is 9.59 Å². The summed E-state index contributed by atoms with van der Waals surface area (Å²) in [7, 11) is 0. The van der Waals surface area contributed by atoms with Crippen molar-refractivity contribution in [3.63, 3.8) is 0 Å². The van der Waals surface area contributed by atoms with Crippen molar-refractivity contribution in [2.45, 2.75) is 44.1 Å². The summed E-state index contributed by atoms with van der Waals surface area (Å²) in [6.45, 7) is -0.704. The fraction of sp³-hybridized carbons (Fsp3) is 0.857. The molecule has 0 amide bonds. The van der Waals surface area contributed by atoms with E-state index in [-0.39, 0.29) is 12.2 Å². The number of carboxylic acid groups (broad SMARTS) is 1. The highest BCUT2D eigenvalue weighted by Crippen LogP contribution is 2.57. The van der Waals surface area contributed by atoms with Crippen LogP contribution in [-0.2, 0) is 19.1 Å². The van der Waals surface area contributed by atoms with Crippen LogP contribution in [-0.4, -0.2) is 35.9 Å². The summed E-state index contributed by atoms with van der Waals surface area (Å²) in [5.41, 5.74) is -0.265. The predicted molar refractivity (Wildman–Crippen MR) is 65.4 cm³/mol.